The van der Waals surface area contributed by atoms with Crippen molar-refractivity contribution in [2.24, 2.45) is 0 Å². The van der Waals surface area contributed by atoms with Crippen LogP contribution in [0.25, 0.3) is 16.7 Å². The number of nitrogens with one attached hydrogen (secondary N) is 1. The van der Waals surface area contributed by atoms with Crippen LogP contribution >= 0.6 is 39.1 Å². The van der Waals surface area contributed by atoms with Crippen molar-refractivity contribution >= 4 is 55.9 Å². The molecule has 1 aliphatic carbocycles. The quantitative estimate of drug-likeness (QED) is 0.569. The zero-order valence-corrected chi connectivity index (χ0v) is 15.8. The maximum Gasteiger partial charge on any atom is 0.273 e. The predicted molar refractivity (Wildman–Crippen MR) is 102 cm³/mol. The second kappa shape index (κ2) is 6.27. The Labute approximate surface area is 160 Å². The molecule has 25 heavy (non-hydrogen) atoms. The lowest BCUT2D eigenvalue weighted by molar-refractivity contribution is 0.624. The highest BCUT2D eigenvalue weighted by atomic mass is 79.9. The van der Waals surface area contributed by atoms with Crippen LogP contribution in [0.4, 0.5) is 10.1 Å². The summed E-state index contributed by atoms with van der Waals surface area (Å²) in [4.78, 5) is 17.1. The Kier molecular flexibility index (Phi) is 4.22. The van der Waals surface area contributed by atoms with E-state index in [-0.39, 0.29) is 22.4 Å². The Hall–Kier alpha value is -1.63. The zero-order valence-electron chi connectivity index (χ0n) is 12.7. The molecule has 8 heteroatoms. The second-order valence-corrected chi connectivity index (χ2v) is 7.44. The van der Waals surface area contributed by atoms with Gasteiger partial charge >= 0.3 is 0 Å². The molecule has 1 aliphatic rings. The van der Waals surface area contributed by atoms with Gasteiger partial charge in [0.15, 0.2) is 16.6 Å². The van der Waals surface area contributed by atoms with Gasteiger partial charge in [-0.05, 0) is 59.1 Å². The summed E-state index contributed by atoms with van der Waals surface area (Å²) >= 11 is 15.2. The summed E-state index contributed by atoms with van der Waals surface area (Å²) in [6.45, 7) is 0. The maximum absolute atomic E-state index is 14.1. The molecule has 0 atom stereocenters. The highest BCUT2D eigenvalue weighted by molar-refractivity contribution is 9.10. The minimum Gasteiger partial charge on any atom is -0.381 e. The number of benzene rings is 1. The van der Waals surface area contributed by atoms with Crippen molar-refractivity contribution in [2.75, 3.05) is 5.32 Å². The first kappa shape index (κ1) is 16.8. The first-order valence-corrected chi connectivity index (χ1v) is 9.13. The lowest BCUT2D eigenvalue weighted by atomic mass is 10.2. The molecule has 3 aromatic rings. The molecule has 1 aromatic carbocycles. The number of pyridine rings is 2. The van der Waals surface area contributed by atoms with Crippen molar-refractivity contribution in [1.29, 1.82) is 0 Å². The van der Waals surface area contributed by atoms with E-state index in [4.69, 9.17) is 23.2 Å². The van der Waals surface area contributed by atoms with Gasteiger partial charge in [-0.15, -0.1) is 0 Å². The largest absolute Gasteiger partial charge is 0.381 e. The molecule has 1 N–H and O–H groups in total. The van der Waals surface area contributed by atoms with Gasteiger partial charge in [0.25, 0.3) is 5.56 Å². The lowest BCUT2D eigenvalue weighted by Crippen LogP contribution is -2.23. The molecule has 4 nitrogen and oxygen atoms in total. The average molecular weight is 443 g/mol. The average Bonchev–Trinajstić information content (AvgIpc) is 3.40. The fraction of sp³-hybridized carbons (Fsp3) is 0.176. The van der Waals surface area contributed by atoms with Crippen LogP contribution in [0.5, 0.6) is 0 Å². The summed E-state index contributed by atoms with van der Waals surface area (Å²) in [6.07, 6.45) is 2.02. The molecule has 0 spiro atoms. The van der Waals surface area contributed by atoms with Crippen molar-refractivity contribution in [2.45, 2.75) is 18.9 Å². The van der Waals surface area contributed by atoms with Crippen LogP contribution in [0, 0.1) is 5.82 Å². The van der Waals surface area contributed by atoms with Gasteiger partial charge in [0.2, 0.25) is 0 Å². The zero-order chi connectivity index (χ0) is 17.7. The van der Waals surface area contributed by atoms with E-state index >= 15 is 0 Å². The summed E-state index contributed by atoms with van der Waals surface area (Å²) in [7, 11) is 0. The number of nitrogens with zero attached hydrogens (tertiary/aromatic N) is 2. The maximum atomic E-state index is 14.1. The van der Waals surface area contributed by atoms with Crippen molar-refractivity contribution < 1.29 is 4.39 Å². The van der Waals surface area contributed by atoms with Gasteiger partial charge in [0, 0.05) is 16.5 Å². The van der Waals surface area contributed by atoms with Crippen LogP contribution < -0.4 is 10.9 Å². The number of aromatic nitrogens is 2. The van der Waals surface area contributed by atoms with E-state index in [1.54, 1.807) is 24.3 Å². The topological polar surface area (TPSA) is 46.9 Å². The van der Waals surface area contributed by atoms with Crippen LogP contribution in [0.15, 0.2) is 39.6 Å². The Balaban J connectivity index is 2.08. The van der Waals surface area contributed by atoms with Crippen molar-refractivity contribution in [3.8, 4) is 5.69 Å². The van der Waals surface area contributed by atoms with E-state index < -0.39 is 5.82 Å². The number of halogens is 4. The molecular weight excluding hydrogens is 432 g/mol. The summed E-state index contributed by atoms with van der Waals surface area (Å²) in [5, 5.41) is 4.02. The molecule has 0 aliphatic heterocycles. The number of anilines is 1. The van der Waals surface area contributed by atoms with E-state index in [9.17, 15) is 9.18 Å². The third-order valence-electron chi connectivity index (χ3n) is 4.02. The number of hydrogen-bond donors (Lipinski definition) is 1. The van der Waals surface area contributed by atoms with E-state index in [1.807, 2.05) is 0 Å². The third-order valence-corrected chi connectivity index (χ3v) is 5.27. The minimum absolute atomic E-state index is 0.282. The first-order chi connectivity index (χ1) is 12.0. The lowest BCUT2D eigenvalue weighted by Gasteiger charge is -2.16. The monoisotopic (exact) mass is 441 g/mol. The summed E-state index contributed by atoms with van der Waals surface area (Å²) in [5.74, 6) is -0.638. The van der Waals surface area contributed by atoms with Gasteiger partial charge in [0.1, 0.15) is 4.47 Å². The summed E-state index contributed by atoms with van der Waals surface area (Å²) in [6, 6.07) is 8.32. The fourth-order valence-corrected chi connectivity index (χ4v) is 3.40. The molecule has 0 amide bonds. The van der Waals surface area contributed by atoms with Gasteiger partial charge in [-0.1, -0.05) is 23.2 Å². The van der Waals surface area contributed by atoms with Crippen LogP contribution in [0.3, 0.4) is 0 Å². The SMILES string of the molecule is O=c1c(Br)c(NC2CC2)c2cc(F)c(Cl)nc2n1-c1ccc(Cl)cc1. The first-order valence-electron chi connectivity index (χ1n) is 7.58. The molecule has 0 radical (unpaired) electrons. The van der Waals surface area contributed by atoms with Gasteiger partial charge in [-0.25, -0.2) is 9.37 Å². The third kappa shape index (κ3) is 3.03. The van der Waals surface area contributed by atoms with E-state index in [0.717, 1.165) is 12.8 Å². The number of fused-ring (bicyclic) bond motifs is 1. The van der Waals surface area contributed by atoms with Gasteiger partial charge < -0.3 is 5.32 Å². The Morgan fingerprint density at radius 3 is 2.56 bits per heavy atom. The normalized spacial score (nSPS) is 14.1. The highest BCUT2D eigenvalue weighted by Crippen LogP contribution is 2.35. The van der Waals surface area contributed by atoms with Crippen LogP contribution in [-0.2, 0) is 0 Å². The molecule has 0 bridgehead atoms. The van der Waals surface area contributed by atoms with Crippen LogP contribution in [-0.4, -0.2) is 15.6 Å². The molecule has 0 unspecified atom stereocenters. The van der Waals surface area contributed by atoms with E-state index in [0.29, 0.717) is 26.3 Å². The molecule has 128 valence electrons. The minimum atomic E-state index is -0.638. The smallest absolute Gasteiger partial charge is 0.273 e. The molecule has 1 fully saturated rings. The molecule has 4 rings (SSSR count). The van der Waals surface area contributed by atoms with E-state index in [1.165, 1.54) is 10.6 Å². The van der Waals surface area contributed by atoms with E-state index in [2.05, 4.69) is 26.2 Å². The standard InChI is InChI=1S/C17H11BrCl2FN3O/c18-13-14(22-9-3-4-9)11-7-12(21)15(20)23-16(11)24(17(13)25)10-5-1-8(19)2-6-10/h1-2,5-7,9,22H,3-4H2. The number of rotatable bonds is 3. The van der Waals surface area contributed by atoms with Gasteiger partial charge in [-0.2, -0.15) is 0 Å². The Bertz CT molecular complexity index is 1050. The van der Waals surface area contributed by atoms with Gasteiger partial charge in [-0.3, -0.25) is 9.36 Å². The summed E-state index contributed by atoms with van der Waals surface area (Å²) < 4.78 is 15.8. The summed E-state index contributed by atoms with van der Waals surface area (Å²) in [5.41, 5.74) is 1.07. The van der Waals surface area contributed by atoms with Crippen molar-refractivity contribution in [1.82, 2.24) is 9.55 Å². The van der Waals surface area contributed by atoms with Gasteiger partial charge in [0.05, 0.1) is 11.4 Å². The second-order valence-electron chi connectivity index (χ2n) is 5.86. The Morgan fingerprint density at radius 1 is 1.24 bits per heavy atom. The van der Waals surface area contributed by atoms with Crippen molar-refractivity contribution in [3.63, 3.8) is 0 Å². The van der Waals surface area contributed by atoms with Crippen LogP contribution in [0.2, 0.25) is 10.2 Å². The Morgan fingerprint density at radius 2 is 1.92 bits per heavy atom. The molecule has 1 saturated carbocycles. The molecular formula is C17H11BrCl2FN3O. The highest BCUT2D eigenvalue weighted by Gasteiger charge is 2.26. The fourth-order valence-electron chi connectivity index (χ4n) is 2.63. The molecule has 0 saturated heterocycles. The van der Waals surface area contributed by atoms with Crippen molar-refractivity contribution in [3.05, 3.63) is 61.2 Å². The van der Waals surface area contributed by atoms with Crippen LogP contribution in [0.1, 0.15) is 12.8 Å². The molecule has 2 aromatic heterocycles. The number of hydrogen-bond acceptors (Lipinski definition) is 3. The molecule has 2 heterocycles. The predicted octanol–water partition coefficient (Wildman–Crippen LogP) is 5.17.